The van der Waals surface area contributed by atoms with Gasteiger partial charge in [0.25, 0.3) is 5.91 Å². The Bertz CT molecular complexity index is 764. The Hall–Kier alpha value is -2.54. The second-order valence-corrected chi connectivity index (χ2v) is 6.31. The van der Waals surface area contributed by atoms with Crippen LogP contribution in [0, 0.1) is 0 Å². The summed E-state index contributed by atoms with van der Waals surface area (Å²) in [6.07, 6.45) is 0.766. The van der Waals surface area contributed by atoms with Crippen molar-refractivity contribution >= 4 is 40.4 Å². The number of esters is 1. The summed E-state index contributed by atoms with van der Waals surface area (Å²) in [6.45, 7) is 1.90. The quantitative estimate of drug-likeness (QED) is 0.586. The van der Waals surface area contributed by atoms with Gasteiger partial charge in [-0.2, -0.15) is 0 Å². The number of urea groups is 1. The third kappa shape index (κ3) is 6.46. The van der Waals surface area contributed by atoms with Crippen LogP contribution in [-0.4, -0.2) is 36.8 Å². The Balaban J connectivity index is 1.72. The fraction of sp³-hybridized carbons (Fsp3) is 0.278. The minimum atomic E-state index is -0.655. The Labute approximate surface area is 150 Å². The molecule has 6 nitrogen and oxygen atoms in total. The van der Waals surface area contributed by atoms with Crippen LogP contribution in [0.3, 0.4) is 0 Å². The molecule has 132 valence electrons. The molecule has 0 aliphatic heterocycles. The SMILES string of the molecule is CCCNC(=O)NC(=O)COC(=O)CSc1ccc2ccccc2c1. The van der Waals surface area contributed by atoms with E-state index in [1.807, 2.05) is 49.4 Å². The summed E-state index contributed by atoms with van der Waals surface area (Å²) in [5.41, 5.74) is 0. The van der Waals surface area contributed by atoms with Crippen LogP contribution in [0.15, 0.2) is 47.4 Å². The molecule has 0 heterocycles. The Morgan fingerprint density at radius 1 is 1.08 bits per heavy atom. The van der Waals surface area contributed by atoms with Gasteiger partial charge in [0.2, 0.25) is 0 Å². The molecular weight excluding hydrogens is 340 g/mol. The van der Waals surface area contributed by atoms with Gasteiger partial charge < -0.3 is 10.1 Å². The molecular formula is C18H20N2O4S. The lowest BCUT2D eigenvalue weighted by Crippen LogP contribution is -2.41. The van der Waals surface area contributed by atoms with Crippen LogP contribution in [0.5, 0.6) is 0 Å². The van der Waals surface area contributed by atoms with Crippen molar-refractivity contribution in [3.05, 3.63) is 42.5 Å². The van der Waals surface area contributed by atoms with Crippen LogP contribution >= 0.6 is 11.8 Å². The molecule has 0 bridgehead atoms. The molecule has 0 unspecified atom stereocenters. The monoisotopic (exact) mass is 360 g/mol. The van der Waals surface area contributed by atoms with Crippen molar-refractivity contribution in [3.63, 3.8) is 0 Å². The first-order valence-electron chi connectivity index (χ1n) is 7.93. The normalized spacial score (nSPS) is 10.3. The first kappa shape index (κ1) is 18.8. The summed E-state index contributed by atoms with van der Waals surface area (Å²) in [6, 6.07) is 13.3. The second kappa shape index (κ2) is 9.68. The highest BCUT2D eigenvalue weighted by atomic mass is 32.2. The largest absolute Gasteiger partial charge is 0.455 e. The maximum absolute atomic E-state index is 11.7. The van der Waals surface area contributed by atoms with Crippen molar-refractivity contribution in [1.29, 1.82) is 0 Å². The van der Waals surface area contributed by atoms with Gasteiger partial charge in [-0.25, -0.2) is 4.79 Å². The number of nitrogens with one attached hydrogen (secondary N) is 2. The predicted molar refractivity (Wildman–Crippen MR) is 97.5 cm³/mol. The molecule has 0 saturated heterocycles. The highest BCUT2D eigenvalue weighted by Gasteiger charge is 2.11. The number of hydrogen-bond acceptors (Lipinski definition) is 5. The molecule has 2 aromatic rings. The van der Waals surface area contributed by atoms with E-state index in [9.17, 15) is 14.4 Å². The van der Waals surface area contributed by atoms with Gasteiger partial charge in [-0.05, 0) is 29.3 Å². The van der Waals surface area contributed by atoms with Crippen molar-refractivity contribution in [1.82, 2.24) is 10.6 Å². The number of carbonyl (C=O) groups excluding carboxylic acids is 3. The Morgan fingerprint density at radius 2 is 1.84 bits per heavy atom. The van der Waals surface area contributed by atoms with Crippen LogP contribution in [-0.2, 0) is 14.3 Å². The number of thioether (sulfide) groups is 1. The van der Waals surface area contributed by atoms with Crippen molar-refractivity contribution in [2.24, 2.45) is 0 Å². The third-order valence-electron chi connectivity index (χ3n) is 3.23. The summed E-state index contributed by atoms with van der Waals surface area (Å²) in [7, 11) is 0. The summed E-state index contributed by atoms with van der Waals surface area (Å²) in [4.78, 5) is 35.4. The molecule has 0 saturated carbocycles. The molecule has 2 rings (SSSR count). The lowest BCUT2D eigenvalue weighted by atomic mass is 10.1. The highest BCUT2D eigenvalue weighted by molar-refractivity contribution is 8.00. The standard InChI is InChI=1S/C18H20N2O4S/c1-2-9-19-18(23)20-16(21)11-24-17(22)12-25-15-8-7-13-5-3-4-6-14(13)10-15/h3-8,10H,2,9,11-12H2,1H3,(H2,19,20,21,23). The molecule has 0 aliphatic carbocycles. The van der Waals surface area contributed by atoms with E-state index in [4.69, 9.17) is 4.74 Å². The van der Waals surface area contributed by atoms with Gasteiger partial charge in [-0.1, -0.05) is 37.3 Å². The molecule has 0 atom stereocenters. The van der Waals surface area contributed by atoms with Gasteiger partial charge in [0.15, 0.2) is 6.61 Å². The average Bonchev–Trinajstić information content (AvgIpc) is 2.62. The Morgan fingerprint density at radius 3 is 2.60 bits per heavy atom. The van der Waals surface area contributed by atoms with E-state index < -0.39 is 24.5 Å². The van der Waals surface area contributed by atoms with Crippen molar-refractivity contribution in [3.8, 4) is 0 Å². The minimum Gasteiger partial charge on any atom is -0.455 e. The minimum absolute atomic E-state index is 0.0909. The number of carbonyl (C=O) groups is 3. The number of benzene rings is 2. The smallest absolute Gasteiger partial charge is 0.321 e. The lowest BCUT2D eigenvalue weighted by molar-refractivity contribution is -0.145. The van der Waals surface area contributed by atoms with Gasteiger partial charge in [0.1, 0.15) is 0 Å². The summed E-state index contributed by atoms with van der Waals surface area (Å²) >= 11 is 1.33. The van der Waals surface area contributed by atoms with Crippen molar-refractivity contribution in [2.75, 3.05) is 18.9 Å². The molecule has 3 amide bonds. The molecule has 0 aliphatic rings. The topological polar surface area (TPSA) is 84.5 Å². The van der Waals surface area contributed by atoms with E-state index in [0.29, 0.717) is 6.54 Å². The number of imide groups is 1. The van der Waals surface area contributed by atoms with Crippen molar-refractivity contribution in [2.45, 2.75) is 18.2 Å². The van der Waals surface area contributed by atoms with E-state index in [2.05, 4.69) is 10.6 Å². The van der Waals surface area contributed by atoms with E-state index in [-0.39, 0.29) is 5.75 Å². The number of amides is 3. The molecule has 25 heavy (non-hydrogen) atoms. The summed E-state index contributed by atoms with van der Waals surface area (Å²) in [5, 5.41) is 6.82. The molecule has 7 heteroatoms. The maximum Gasteiger partial charge on any atom is 0.321 e. The van der Waals surface area contributed by atoms with Gasteiger partial charge in [-0.3, -0.25) is 14.9 Å². The maximum atomic E-state index is 11.7. The third-order valence-corrected chi connectivity index (χ3v) is 4.20. The van der Waals surface area contributed by atoms with Gasteiger partial charge in [0.05, 0.1) is 5.75 Å². The first-order chi connectivity index (χ1) is 12.1. The molecule has 0 aromatic heterocycles. The predicted octanol–water partition coefficient (Wildman–Crippen LogP) is 2.71. The summed E-state index contributed by atoms with van der Waals surface area (Å²) < 4.78 is 4.87. The fourth-order valence-electron chi connectivity index (χ4n) is 2.03. The fourth-order valence-corrected chi connectivity index (χ4v) is 2.78. The zero-order chi connectivity index (χ0) is 18.1. The number of fused-ring (bicyclic) bond motifs is 1. The van der Waals surface area contributed by atoms with Gasteiger partial charge in [0, 0.05) is 11.4 Å². The van der Waals surface area contributed by atoms with Crippen LogP contribution in [0.2, 0.25) is 0 Å². The lowest BCUT2D eigenvalue weighted by Gasteiger charge is -2.07. The molecule has 0 fully saturated rings. The van der Waals surface area contributed by atoms with E-state index in [1.54, 1.807) is 0 Å². The number of ether oxygens (including phenoxy) is 1. The van der Waals surface area contributed by atoms with Crippen LogP contribution in [0.25, 0.3) is 10.8 Å². The van der Waals surface area contributed by atoms with E-state index in [1.165, 1.54) is 11.8 Å². The molecule has 2 aromatic carbocycles. The Kier molecular flexibility index (Phi) is 7.28. The number of hydrogen-bond donors (Lipinski definition) is 2. The summed E-state index contributed by atoms with van der Waals surface area (Å²) in [5.74, 6) is -1.08. The van der Waals surface area contributed by atoms with Crippen LogP contribution in [0.4, 0.5) is 4.79 Å². The second-order valence-electron chi connectivity index (χ2n) is 5.26. The van der Waals surface area contributed by atoms with Gasteiger partial charge >= 0.3 is 12.0 Å². The van der Waals surface area contributed by atoms with E-state index in [0.717, 1.165) is 22.1 Å². The highest BCUT2D eigenvalue weighted by Crippen LogP contribution is 2.23. The first-order valence-corrected chi connectivity index (χ1v) is 8.92. The number of rotatable bonds is 7. The molecule has 0 radical (unpaired) electrons. The zero-order valence-electron chi connectivity index (χ0n) is 13.9. The van der Waals surface area contributed by atoms with E-state index >= 15 is 0 Å². The molecule has 0 spiro atoms. The van der Waals surface area contributed by atoms with Crippen LogP contribution < -0.4 is 10.6 Å². The van der Waals surface area contributed by atoms with Gasteiger partial charge in [-0.15, -0.1) is 11.8 Å². The average molecular weight is 360 g/mol. The van der Waals surface area contributed by atoms with Crippen LogP contribution in [0.1, 0.15) is 13.3 Å². The zero-order valence-corrected chi connectivity index (χ0v) is 14.7. The van der Waals surface area contributed by atoms with Crippen molar-refractivity contribution < 1.29 is 19.1 Å². The molecule has 2 N–H and O–H groups in total.